The van der Waals surface area contributed by atoms with E-state index in [9.17, 15) is 4.79 Å². The molecule has 0 aliphatic carbocycles. The molecule has 0 saturated heterocycles. The van der Waals surface area contributed by atoms with Crippen molar-refractivity contribution >= 4 is 12.4 Å². The molecule has 1 aromatic heterocycles. The van der Waals surface area contributed by atoms with Crippen LogP contribution in [0.3, 0.4) is 0 Å². The Hall–Kier alpha value is -1.31. The molecule has 0 aromatic carbocycles. The van der Waals surface area contributed by atoms with Crippen molar-refractivity contribution in [2.75, 3.05) is 0 Å². The van der Waals surface area contributed by atoms with E-state index in [1.807, 2.05) is 31.3 Å². The summed E-state index contributed by atoms with van der Waals surface area (Å²) in [5.74, 6) is 0. The van der Waals surface area contributed by atoms with Gasteiger partial charge in [-0.1, -0.05) is 6.92 Å². The first-order chi connectivity index (χ1) is 6.31. The number of hydrogen-bond acceptors (Lipinski definition) is 1. The number of allylic oxidation sites excluding steroid dienone is 1. The molecule has 2 nitrogen and oxygen atoms in total. The van der Waals surface area contributed by atoms with Gasteiger partial charge >= 0.3 is 0 Å². The van der Waals surface area contributed by atoms with Crippen LogP contribution in [0.5, 0.6) is 0 Å². The zero-order chi connectivity index (χ0) is 9.68. The second kappa shape index (κ2) is 4.65. The van der Waals surface area contributed by atoms with E-state index in [0.29, 0.717) is 0 Å². The van der Waals surface area contributed by atoms with Crippen molar-refractivity contribution in [2.45, 2.75) is 26.8 Å². The highest BCUT2D eigenvalue weighted by atomic mass is 16.1. The minimum atomic E-state index is 0.790. The van der Waals surface area contributed by atoms with Crippen molar-refractivity contribution in [3.05, 3.63) is 29.6 Å². The topological polar surface area (TPSA) is 22.0 Å². The lowest BCUT2D eigenvalue weighted by Crippen LogP contribution is -1.95. The number of nitrogens with zero attached hydrogens (tertiary/aromatic N) is 1. The summed E-state index contributed by atoms with van der Waals surface area (Å²) in [5.41, 5.74) is 1.94. The summed E-state index contributed by atoms with van der Waals surface area (Å²) in [6, 6.07) is 4.01. The summed E-state index contributed by atoms with van der Waals surface area (Å²) < 4.78 is 2.11. The molecular formula is C11H15NO. The van der Waals surface area contributed by atoms with Gasteiger partial charge in [0.25, 0.3) is 0 Å². The molecule has 1 rings (SSSR count). The molecule has 0 bridgehead atoms. The molecule has 70 valence electrons. The number of rotatable bonds is 4. The second-order valence-corrected chi connectivity index (χ2v) is 2.91. The van der Waals surface area contributed by atoms with Gasteiger partial charge in [-0.15, -0.1) is 0 Å². The van der Waals surface area contributed by atoms with Crippen LogP contribution in [0, 0.1) is 0 Å². The molecule has 1 heterocycles. The van der Waals surface area contributed by atoms with Gasteiger partial charge in [0.15, 0.2) is 0 Å². The predicted molar refractivity (Wildman–Crippen MR) is 54.4 cm³/mol. The van der Waals surface area contributed by atoms with Crippen molar-refractivity contribution in [3.63, 3.8) is 0 Å². The van der Waals surface area contributed by atoms with Gasteiger partial charge < -0.3 is 4.57 Å². The van der Waals surface area contributed by atoms with Crippen LogP contribution in [0.25, 0.3) is 6.08 Å². The van der Waals surface area contributed by atoms with Crippen LogP contribution >= 0.6 is 0 Å². The van der Waals surface area contributed by atoms with E-state index in [4.69, 9.17) is 0 Å². The SMILES string of the molecule is CCC(C=O)=Cc1cccn1CC. The largest absolute Gasteiger partial charge is 0.348 e. The Bertz CT molecular complexity index is 310. The minimum absolute atomic E-state index is 0.790. The number of aromatic nitrogens is 1. The molecule has 0 amide bonds. The van der Waals surface area contributed by atoms with Crippen molar-refractivity contribution in [1.82, 2.24) is 4.57 Å². The zero-order valence-electron chi connectivity index (χ0n) is 8.16. The first-order valence-corrected chi connectivity index (χ1v) is 4.62. The van der Waals surface area contributed by atoms with Crippen LogP contribution < -0.4 is 0 Å². The Morgan fingerprint density at radius 1 is 1.54 bits per heavy atom. The van der Waals surface area contributed by atoms with E-state index in [1.54, 1.807) is 0 Å². The maximum absolute atomic E-state index is 10.6. The fraction of sp³-hybridized carbons (Fsp3) is 0.364. The average Bonchev–Trinajstić information content (AvgIpc) is 2.61. The highest BCUT2D eigenvalue weighted by Gasteiger charge is 1.97. The molecule has 0 unspecified atom stereocenters. The number of aryl methyl sites for hydroxylation is 1. The average molecular weight is 177 g/mol. The molecular weight excluding hydrogens is 162 g/mol. The molecule has 0 radical (unpaired) electrons. The van der Waals surface area contributed by atoms with E-state index < -0.39 is 0 Å². The summed E-state index contributed by atoms with van der Waals surface area (Å²) in [5, 5.41) is 0. The minimum Gasteiger partial charge on any atom is -0.348 e. The second-order valence-electron chi connectivity index (χ2n) is 2.91. The molecule has 13 heavy (non-hydrogen) atoms. The lowest BCUT2D eigenvalue weighted by Gasteiger charge is -2.01. The maximum Gasteiger partial charge on any atom is 0.146 e. The van der Waals surface area contributed by atoms with Gasteiger partial charge in [0.2, 0.25) is 0 Å². The maximum atomic E-state index is 10.6. The van der Waals surface area contributed by atoms with Gasteiger partial charge in [0.1, 0.15) is 6.29 Å². The highest BCUT2D eigenvalue weighted by Crippen LogP contribution is 2.09. The molecule has 0 fully saturated rings. The Kier molecular flexibility index (Phi) is 3.50. The lowest BCUT2D eigenvalue weighted by molar-refractivity contribution is -0.104. The van der Waals surface area contributed by atoms with Crippen molar-refractivity contribution in [3.8, 4) is 0 Å². The molecule has 0 aliphatic rings. The quantitative estimate of drug-likeness (QED) is 0.511. The van der Waals surface area contributed by atoms with Crippen LogP contribution in [0.4, 0.5) is 0 Å². The van der Waals surface area contributed by atoms with Gasteiger partial charge in [0, 0.05) is 18.4 Å². The molecule has 0 saturated carbocycles. The van der Waals surface area contributed by atoms with E-state index in [1.165, 1.54) is 0 Å². The van der Waals surface area contributed by atoms with Gasteiger partial charge in [-0.3, -0.25) is 4.79 Å². The van der Waals surface area contributed by atoms with E-state index >= 15 is 0 Å². The number of carbonyl (C=O) groups excluding carboxylic acids is 1. The Morgan fingerprint density at radius 2 is 2.31 bits per heavy atom. The van der Waals surface area contributed by atoms with E-state index in [-0.39, 0.29) is 0 Å². The van der Waals surface area contributed by atoms with Gasteiger partial charge in [-0.2, -0.15) is 0 Å². The fourth-order valence-corrected chi connectivity index (χ4v) is 1.26. The summed E-state index contributed by atoms with van der Waals surface area (Å²) in [6.45, 7) is 5.01. The number of carbonyl (C=O) groups is 1. The standard InChI is InChI=1S/C11H15NO/c1-3-10(9-13)8-11-6-5-7-12(11)4-2/h5-9H,3-4H2,1-2H3. The summed E-state index contributed by atoms with van der Waals surface area (Å²) >= 11 is 0. The lowest BCUT2D eigenvalue weighted by atomic mass is 10.2. The highest BCUT2D eigenvalue weighted by molar-refractivity contribution is 5.80. The third-order valence-electron chi connectivity index (χ3n) is 2.10. The number of hydrogen-bond donors (Lipinski definition) is 0. The predicted octanol–water partition coefficient (Wildman–Crippen LogP) is 2.50. The normalized spacial score (nSPS) is 11.7. The van der Waals surface area contributed by atoms with Crippen LogP contribution in [0.2, 0.25) is 0 Å². The monoisotopic (exact) mass is 177 g/mol. The molecule has 1 aromatic rings. The number of aldehydes is 1. The molecule has 0 aliphatic heterocycles. The third-order valence-corrected chi connectivity index (χ3v) is 2.10. The molecule has 0 spiro atoms. The summed E-state index contributed by atoms with van der Waals surface area (Å²) in [6.07, 6.45) is 5.67. The van der Waals surface area contributed by atoms with Gasteiger partial charge in [0.05, 0.1) is 0 Å². The van der Waals surface area contributed by atoms with E-state index in [2.05, 4.69) is 11.5 Å². The smallest absolute Gasteiger partial charge is 0.146 e. The van der Waals surface area contributed by atoms with Crippen molar-refractivity contribution in [2.24, 2.45) is 0 Å². The zero-order valence-corrected chi connectivity index (χ0v) is 8.16. The van der Waals surface area contributed by atoms with Crippen LogP contribution in [0.15, 0.2) is 23.9 Å². The fourth-order valence-electron chi connectivity index (χ4n) is 1.26. The molecule has 2 heteroatoms. The van der Waals surface area contributed by atoms with Crippen LogP contribution in [0.1, 0.15) is 26.0 Å². The molecule has 0 atom stereocenters. The summed E-state index contributed by atoms with van der Waals surface area (Å²) in [7, 11) is 0. The van der Waals surface area contributed by atoms with Gasteiger partial charge in [-0.05, 0) is 37.1 Å². The first-order valence-electron chi connectivity index (χ1n) is 4.62. The van der Waals surface area contributed by atoms with Gasteiger partial charge in [-0.25, -0.2) is 0 Å². The Balaban J connectivity index is 2.94. The first kappa shape index (κ1) is 9.78. The van der Waals surface area contributed by atoms with Crippen molar-refractivity contribution < 1.29 is 4.79 Å². The Labute approximate surface area is 78.9 Å². The van der Waals surface area contributed by atoms with Crippen LogP contribution in [-0.2, 0) is 11.3 Å². The summed E-state index contributed by atoms with van der Waals surface area (Å²) in [4.78, 5) is 10.6. The van der Waals surface area contributed by atoms with Crippen molar-refractivity contribution in [1.29, 1.82) is 0 Å². The molecule has 0 N–H and O–H groups in total. The Morgan fingerprint density at radius 3 is 2.85 bits per heavy atom. The third kappa shape index (κ3) is 2.31. The van der Waals surface area contributed by atoms with E-state index in [0.717, 1.165) is 30.5 Å². The van der Waals surface area contributed by atoms with Crippen LogP contribution in [-0.4, -0.2) is 10.9 Å².